The largest absolute Gasteiger partial charge is 0.310 e. The number of nitrogens with one attached hydrogen (secondary N) is 1. The second-order valence-electron chi connectivity index (χ2n) is 2.17. The van der Waals surface area contributed by atoms with E-state index in [-0.39, 0.29) is 0 Å². The number of hydrogen-bond acceptors (Lipinski definition) is 2. The molecule has 0 radical (unpaired) electrons. The second-order valence-corrected chi connectivity index (χ2v) is 2.17. The highest BCUT2D eigenvalue weighted by Gasteiger charge is 2.03. The molecule has 0 amide bonds. The Bertz CT molecular complexity index is 80.5. The topological polar surface area (TPSA) is 29.1 Å². The van der Waals surface area contributed by atoms with Crippen LogP contribution >= 0.6 is 0 Å². The number of rotatable bonds is 0. The number of hydrogen-bond donors (Lipinski definition) is 1. The Morgan fingerprint density at radius 1 is 1.38 bits per heavy atom. The van der Waals surface area contributed by atoms with Gasteiger partial charge in [-0.3, -0.25) is 4.79 Å². The van der Waals surface area contributed by atoms with E-state index >= 15 is 0 Å². The zero-order valence-corrected chi connectivity index (χ0v) is 4.94. The lowest BCUT2D eigenvalue weighted by Gasteiger charge is -1.91. The van der Waals surface area contributed by atoms with Crippen LogP contribution in [0.4, 0.5) is 0 Å². The molecule has 1 aliphatic heterocycles. The van der Waals surface area contributed by atoms with Crippen LogP contribution in [0.25, 0.3) is 0 Å². The normalized spacial score (nSPS) is 22.8. The monoisotopic (exact) mass is 113 g/mol. The Hall–Kier alpha value is -0.370. The van der Waals surface area contributed by atoms with Gasteiger partial charge in [-0.1, -0.05) is 0 Å². The average molecular weight is 113 g/mol. The van der Waals surface area contributed by atoms with Crippen molar-refractivity contribution in [2.75, 3.05) is 13.1 Å². The highest BCUT2D eigenvalue weighted by Crippen LogP contribution is 1.97. The molecule has 0 spiro atoms. The highest BCUT2D eigenvalue weighted by molar-refractivity contribution is 5.80. The van der Waals surface area contributed by atoms with Crippen LogP contribution in [-0.2, 0) is 4.79 Å². The summed E-state index contributed by atoms with van der Waals surface area (Å²) in [6, 6.07) is 0. The molecule has 0 bridgehead atoms. The van der Waals surface area contributed by atoms with Crippen molar-refractivity contribution < 1.29 is 4.79 Å². The van der Waals surface area contributed by atoms with Gasteiger partial charge in [-0.2, -0.15) is 0 Å². The quantitative estimate of drug-likeness (QED) is 0.490. The van der Waals surface area contributed by atoms with Gasteiger partial charge in [0.05, 0.1) is 6.54 Å². The number of carbonyl (C=O) groups is 1. The molecular formula is C6H11NO. The first-order valence-electron chi connectivity index (χ1n) is 3.12. The molecule has 1 fully saturated rings. The first kappa shape index (κ1) is 5.76. The SMILES string of the molecule is O=C1CCCCNC1. The van der Waals surface area contributed by atoms with Gasteiger partial charge in [0.15, 0.2) is 0 Å². The molecule has 8 heavy (non-hydrogen) atoms. The third-order valence-corrected chi connectivity index (χ3v) is 1.38. The van der Waals surface area contributed by atoms with Crippen LogP contribution in [0.3, 0.4) is 0 Å². The van der Waals surface area contributed by atoms with Crippen LogP contribution in [0, 0.1) is 0 Å². The summed E-state index contributed by atoms with van der Waals surface area (Å²) in [4.78, 5) is 10.6. The van der Waals surface area contributed by atoms with Gasteiger partial charge in [0.25, 0.3) is 0 Å². The molecule has 0 aromatic rings. The lowest BCUT2D eigenvalue weighted by Crippen LogP contribution is -2.19. The van der Waals surface area contributed by atoms with Gasteiger partial charge in [-0.25, -0.2) is 0 Å². The fraction of sp³-hybridized carbons (Fsp3) is 0.833. The van der Waals surface area contributed by atoms with Crippen LogP contribution < -0.4 is 5.32 Å². The summed E-state index contributed by atoms with van der Waals surface area (Å²) in [7, 11) is 0. The van der Waals surface area contributed by atoms with Crippen molar-refractivity contribution in [2.45, 2.75) is 19.3 Å². The summed E-state index contributed by atoms with van der Waals surface area (Å²) in [5, 5.41) is 3.05. The molecule has 1 saturated heterocycles. The predicted octanol–water partition coefficient (Wildman–Crippen LogP) is 0.329. The minimum absolute atomic E-state index is 0.363. The van der Waals surface area contributed by atoms with Crippen LogP contribution in [0.2, 0.25) is 0 Å². The third kappa shape index (κ3) is 1.62. The van der Waals surface area contributed by atoms with Gasteiger partial charge < -0.3 is 5.32 Å². The summed E-state index contributed by atoms with van der Waals surface area (Å²) in [6.07, 6.45) is 3.02. The minimum atomic E-state index is 0.363. The van der Waals surface area contributed by atoms with Crippen LogP contribution in [-0.4, -0.2) is 18.9 Å². The van der Waals surface area contributed by atoms with E-state index in [0.29, 0.717) is 12.3 Å². The Morgan fingerprint density at radius 2 is 2.25 bits per heavy atom. The van der Waals surface area contributed by atoms with E-state index in [0.717, 1.165) is 25.8 Å². The molecule has 1 heterocycles. The Kier molecular flexibility index (Phi) is 2.03. The summed E-state index contributed by atoms with van der Waals surface area (Å²) in [5.74, 6) is 0.363. The average Bonchev–Trinajstić information content (AvgIpc) is 1.94. The van der Waals surface area contributed by atoms with E-state index in [2.05, 4.69) is 5.32 Å². The smallest absolute Gasteiger partial charge is 0.146 e. The summed E-state index contributed by atoms with van der Waals surface area (Å²) < 4.78 is 0. The van der Waals surface area contributed by atoms with Crippen LogP contribution in [0.5, 0.6) is 0 Å². The molecule has 0 aliphatic carbocycles. The molecular weight excluding hydrogens is 102 g/mol. The van der Waals surface area contributed by atoms with Gasteiger partial charge in [-0.15, -0.1) is 0 Å². The molecule has 0 atom stereocenters. The van der Waals surface area contributed by atoms with E-state index in [9.17, 15) is 4.79 Å². The van der Waals surface area contributed by atoms with Crippen LogP contribution in [0.15, 0.2) is 0 Å². The third-order valence-electron chi connectivity index (χ3n) is 1.38. The van der Waals surface area contributed by atoms with Crippen molar-refractivity contribution in [3.8, 4) is 0 Å². The van der Waals surface area contributed by atoms with Crippen LogP contribution in [0.1, 0.15) is 19.3 Å². The molecule has 1 rings (SSSR count). The Balaban J connectivity index is 2.27. The maximum atomic E-state index is 10.6. The van der Waals surface area contributed by atoms with Crippen molar-refractivity contribution in [2.24, 2.45) is 0 Å². The van der Waals surface area contributed by atoms with Crippen molar-refractivity contribution >= 4 is 5.78 Å². The minimum Gasteiger partial charge on any atom is -0.310 e. The fourth-order valence-corrected chi connectivity index (χ4v) is 0.888. The second kappa shape index (κ2) is 2.82. The van der Waals surface area contributed by atoms with E-state index in [1.165, 1.54) is 0 Å². The predicted molar refractivity (Wildman–Crippen MR) is 31.7 cm³/mol. The van der Waals surface area contributed by atoms with Crippen molar-refractivity contribution in [1.29, 1.82) is 0 Å². The van der Waals surface area contributed by atoms with Crippen molar-refractivity contribution in [3.63, 3.8) is 0 Å². The molecule has 0 unspecified atom stereocenters. The lowest BCUT2D eigenvalue weighted by atomic mass is 10.2. The summed E-state index contributed by atoms with van der Waals surface area (Å²) in [5.41, 5.74) is 0. The zero-order valence-electron chi connectivity index (χ0n) is 4.94. The lowest BCUT2D eigenvalue weighted by molar-refractivity contribution is -0.117. The molecule has 2 heteroatoms. The van der Waals surface area contributed by atoms with Gasteiger partial charge >= 0.3 is 0 Å². The van der Waals surface area contributed by atoms with E-state index in [1.807, 2.05) is 0 Å². The van der Waals surface area contributed by atoms with E-state index < -0.39 is 0 Å². The highest BCUT2D eigenvalue weighted by atomic mass is 16.1. The van der Waals surface area contributed by atoms with Crippen molar-refractivity contribution in [1.82, 2.24) is 5.32 Å². The van der Waals surface area contributed by atoms with Gasteiger partial charge in [-0.05, 0) is 19.4 Å². The molecule has 0 aromatic heterocycles. The fourth-order valence-electron chi connectivity index (χ4n) is 0.888. The molecule has 1 N–H and O–H groups in total. The molecule has 0 aromatic carbocycles. The summed E-state index contributed by atoms with van der Waals surface area (Å²) in [6.45, 7) is 1.62. The first-order chi connectivity index (χ1) is 3.89. The molecule has 46 valence electrons. The Labute approximate surface area is 49.3 Å². The van der Waals surface area contributed by atoms with Crippen molar-refractivity contribution in [3.05, 3.63) is 0 Å². The van der Waals surface area contributed by atoms with Gasteiger partial charge in [0.1, 0.15) is 5.78 Å². The first-order valence-corrected chi connectivity index (χ1v) is 3.12. The maximum Gasteiger partial charge on any atom is 0.146 e. The Morgan fingerprint density at radius 3 is 3.12 bits per heavy atom. The van der Waals surface area contributed by atoms with E-state index in [4.69, 9.17) is 0 Å². The standard InChI is InChI=1S/C6H11NO/c8-6-3-1-2-4-7-5-6/h7H,1-5H2. The maximum absolute atomic E-state index is 10.6. The zero-order chi connectivity index (χ0) is 5.82. The molecule has 0 saturated carbocycles. The number of ketones is 1. The van der Waals surface area contributed by atoms with Gasteiger partial charge in [0, 0.05) is 6.42 Å². The van der Waals surface area contributed by atoms with E-state index in [1.54, 1.807) is 0 Å². The molecule has 1 aliphatic rings. The number of Topliss-reactive ketones (excluding diaryl/α,β-unsaturated/α-hetero) is 1. The molecule has 2 nitrogen and oxygen atoms in total. The summed E-state index contributed by atoms with van der Waals surface area (Å²) >= 11 is 0. The number of carbonyl (C=O) groups excluding carboxylic acids is 1. The van der Waals surface area contributed by atoms with Gasteiger partial charge in [0.2, 0.25) is 0 Å².